The molecule has 0 saturated carbocycles. The minimum Gasteiger partial charge on any atom is -0.489 e. The van der Waals surface area contributed by atoms with E-state index >= 15 is 0 Å². The van der Waals surface area contributed by atoms with Crippen LogP contribution in [0.15, 0.2) is 35.7 Å². The molecule has 1 atom stereocenters. The van der Waals surface area contributed by atoms with Gasteiger partial charge in [0.15, 0.2) is 11.5 Å². The molecule has 20 heavy (non-hydrogen) atoms. The van der Waals surface area contributed by atoms with Crippen LogP contribution in [0, 0.1) is 5.41 Å². The summed E-state index contributed by atoms with van der Waals surface area (Å²) in [5.41, 5.74) is 0.820. The highest BCUT2D eigenvalue weighted by Gasteiger charge is 2.26. The van der Waals surface area contributed by atoms with Crippen molar-refractivity contribution >= 4 is 11.3 Å². The standard InChI is InChI=1S/C16H18O3S/c1-16(2)9-18-12-6-5-11(8-13(12)19-10-16)15(17)14-4-3-7-20-14/h3-8,15,17H,9-10H2,1-2H3. The fourth-order valence-corrected chi connectivity index (χ4v) is 2.86. The Morgan fingerprint density at radius 1 is 1.15 bits per heavy atom. The lowest BCUT2D eigenvalue weighted by atomic mass is 9.97. The molecule has 0 radical (unpaired) electrons. The third-order valence-corrected chi connectivity index (χ3v) is 4.26. The van der Waals surface area contributed by atoms with Crippen LogP contribution < -0.4 is 9.47 Å². The fourth-order valence-electron chi connectivity index (χ4n) is 2.13. The number of thiophene rings is 1. The van der Waals surface area contributed by atoms with E-state index < -0.39 is 6.10 Å². The van der Waals surface area contributed by atoms with Crippen LogP contribution in [-0.4, -0.2) is 18.3 Å². The van der Waals surface area contributed by atoms with E-state index in [2.05, 4.69) is 13.8 Å². The maximum absolute atomic E-state index is 10.4. The van der Waals surface area contributed by atoms with Gasteiger partial charge in [0.25, 0.3) is 0 Å². The number of fused-ring (bicyclic) bond motifs is 1. The number of rotatable bonds is 2. The van der Waals surface area contributed by atoms with Crippen LogP contribution >= 0.6 is 11.3 Å². The molecule has 1 aliphatic heterocycles. The number of aliphatic hydroxyl groups excluding tert-OH is 1. The largest absolute Gasteiger partial charge is 0.489 e. The van der Waals surface area contributed by atoms with Crippen molar-refractivity contribution in [1.29, 1.82) is 0 Å². The van der Waals surface area contributed by atoms with E-state index in [-0.39, 0.29) is 5.41 Å². The molecule has 1 N–H and O–H groups in total. The Kier molecular flexibility index (Phi) is 3.44. The van der Waals surface area contributed by atoms with Gasteiger partial charge in [-0.15, -0.1) is 11.3 Å². The van der Waals surface area contributed by atoms with E-state index in [1.54, 1.807) is 11.3 Å². The summed E-state index contributed by atoms with van der Waals surface area (Å²) in [4.78, 5) is 0.930. The third-order valence-electron chi connectivity index (χ3n) is 3.33. The molecule has 1 aromatic heterocycles. The van der Waals surface area contributed by atoms with Gasteiger partial charge in [-0.3, -0.25) is 0 Å². The zero-order valence-electron chi connectivity index (χ0n) is 11.6. The van der Waals surface area contributed by atoms with Gasteiger partial charge in [-0.05, 0) is 29.1 Å². The highest BCUT2D eigenvalue weighted by molar-refractivity contribution is 7.10. The van der Waals surface area contributed by atoms with Crippen molar-refractivity contribution in [2.24, 2.45) is 5.41 Å². The third kappa shape index (κ3) is 2.67. The first-order valence-electron chi connectivity index (χ1n) is 6.66. The molecule has 0 bridgehead atoms. The van der Waals surface area contributed by atoms with Crippen LogP contribution in [0.5, 0.6) is 11.5 Å². The number of benzene rings is 1. The van der Waals surface area contributed by atoms with Crippen LogP contribution in [0.3, 0.4) is 0 Å². The maximum atomic E-state index is 10.4. The fraction of sp³-hybridized carbons (Fsp3) is 0.375. The molecule has 3 nitrogen and oxygen atoms in total. The number of aliphatic hydroxyl groups is 1. The van der Waals surface area contributed by atoms with Gasteiger partial charge in [-0.2, -0.15) is 0 Å². The Labute approximate surface area is 122 Å². The van der Waals surface area contributed by atoms with Crippen molar-refractivity contribution < 1.29 is 14.6 Å². The Morgan fingerprint density at radius 2 is 1.90 bits per heavy atom. The average Bonchev–Trinajstić information content (AvgIpc) is 2.92. The summed E-state index contributed by atoms with van der Waals surface area (Å²) in [6, 6.07) is 9.52. The van der Waals surface area contributed by atoms with Crippen molar-refractivity contribution in [2.45, 2.75) is 20.0 Å². The van der Waals surface area contributed by atoms with Gasteiger partial charge in [0, 0.05) is 10.3 Å². The van der Waals surface area contributed by atoms with Crippen molar-refractivity contribution in [3.63, 3.8) is 0 Å². The van der Waals surface area contributed by atoms with Gasteiger partial charge in [0.1, 0.15) is 6.10 Å². The molecule has 1 unspecified atom stereocenters. The average molecular weight is 290 g/mol. The molecule has 0 spiro atoms. The van der Waals surface area contributed by atoms with Gasteiger partial charge in [-0.1, -0.05) is 26.0 Å². The zero-order chi connectivity index (χ0) is 14.2. The first-order chi connectivity index (χ1) is 9.55. The van der Waals surface area contributed by atoms with E-state index in [0.717, 1.165) is 16.2 Å². The van der Waals surface area contributed by atoms with Gasteiger partial charge < -0.3 is 14.6 Å². The summed E-state index contributed by atoms with van der Waals surface area (Å²) in [5, 5.41) is 12.3. The van der Waals surface area contributed by atoms with Crippen LogP contribution in [0.25, 0.3) is 0 Å². The molecule has 4 heteroatoms. The molecule has 0 aliphatic carbocycles. The molecule has 106 valence electrons. The second kappa shape index (κ2) is 5.11. The molecule has 1 aromatic carbocycles. The van der Waals surface area contributed by atoms with E-state index in [0.29, 0.717) is 19.0 Å². The predicted octanol–water partition coefficient (Wildman–Crippen LogP) is 3.63. The molecule has 3 rings (SSSR count). The summed E-state index contributed by atoms with van der Waals surface area (Å²) in [5.74, 6) is 1.46. The normalized spacial score (nSPS) is 18.4. The Morgan fingerprint density at radius 3 is 2.60 bits per heavy atom. The Hall–Kier alpha value is -1.52. The van der Waals surface area contributed by atoms with Gasteiger partial charge in [0.2, 0.25) is 0 Å². The quantitative estimate of drug-likeness (QED) is 0.918. The molecular formula is C16H18O3S. The monoisotopic (exact) mass is 290 g/mol. The SMILES string of the molecule is CC1(C)COc2ccc(C(O)c3cccs3)cc2OC1. The molecule has 2 aromatic rings. The van der Waals surface area contributed by atoms with Crippen LogP contribution in [-0.2, 0) is 0 Å². The molecular weight excluding hydrogens is 272 g/mol. The zero-order valence-corrected chi connectivity index (χ0v) is 12.4. The lowest BCUT2D eigenvalue weighted by Gasteiger charge is -2.19. The van der Waals surface area contributed by atoms with Crippen molar-refractivity contribution in [1.82, 2.24) is 0 Å². The topological polar surface area (TPSA) is 38.7 Å². The Balaban J connectivity index is 1.89. The number of ether oxygens (including phenoxy) is 2. The summed E-state index contributed by atoms with van der Waals surface area (Å²) >= 11 is 1.55. The summed E-state index contributed by atoms with van der Waals surface area (Å²) in [6.07, 6.45) is -0.611. The van der Waals surface area contributed by atoms with Crippen LogP contribution in [0.1, 0.15) is 30.4 Å². The van der Waals surface area contributed by atoms with Gasteiger partial charge >= 0.3 is 0 Å². The Bertz CT molecular complexity index is 590. The second-order valence-electron chi connectivity index (χ2n) is 5.87. The van der Waals surface area contributed by atoms with Crippen LogP contribution in [0.4, 0.5) is 0 Å². The molecule has 1 aliphatic rings. The lowest BCUT2D eigenvalue weighted by Crippen LogP contribution is -2.26. The van der Waals surface area contributed by atoms with Gasteiger partial charge in [-0.25, -0.2) is 0 Å². The minimum absolute atomic E-state index is 0.00838. The van der Waals surface area contributed by atoms with Crippen molar-refractivity contribution in [3.05, 3.63) is 46.2 Å². The highest BCUT2D eigenvalue weighted by Crippen LogP contribution is 2.37. The summed E-state index contributed by atoms with van der Waals surface area (Å²) in [6.45, 7) is 5.46. The first kappa shape index (κ1) is 13.5. The number of hydrogen-bond donors (Lipinski definition) is 1. The van der Waals surface area contributed by atoms with Crippen LogP contribution in [0.2, 0.25) is 0 Å². The minimum atomic E-state index is -0.611. The second-order valence-corrected chi connectivity index (χ2v) is 6.84. The molecule has 2 heterocycles. The number of hydrogen-bond acceptors (Lipinski definition) is 4. The highest BCUT2D eigenvalue weighted by atomic mass is 32.1. The molecule has 0 amide bonds. The molecule has 0 saturated heterocycles. The van der Waals surface area contributed by atoms with Crippen molar-refractivity contribution in [3.8, 4) is 11.5 Å². The summed E-state index contributed by atoms with van der Waals surface area (Å²) in [7, 11) is 0. The molecule has 0 fully saturated rings. The van der Waals surface area contributed by atoms with Crippen molar-refractivity contribution in [2.75, 3.05) is 13.2 Å². The lowest BCUT2D eigenvalue weighted by molar-refractivity contribution is 0.140. The smallest absolute Gasteiger partial charge is 0.161 e. The van der Waals surface area contributed by atoms with E-state index in [9.17, 15) is 5.11 Å². The van der Waals surface area contributed by atoms with E-state index in [1.165, 1.54) is 0 Å². The van der Waals surface area contributed by atoms with E-state index in [4.69, 9.17) is 9.47 Å². The summed E-state index contributed by atoms with van der Waals surface area (Å²) < 4.78 is 11.6. The van der Waals surface area contributed by atoms with E-state index in [1.807, 2.05) is 35.7 Å². The maximum Gasteiger partial charge on any atom is 0.161 e. The first-order valence-corrected chi connectivity index (χ1v) is 7.54. The predicted molar refractivity (Wildman–Crippen MR) is 79.6 cm³/mol. The van der Waals surface area contributed by atoms with Gasteiger partial charge in [0.05, 0.1) is 13.2 Å².